The molecule has 0 bridgehead atoms. The quantitative estimate of drug-likeness (QED) is 0.491. The Hall–Kier alpha value is -2.02. The molecule has 1 aliphatic heterocycles. The van der Waals surface area contributed by atoms with Crippen molar-refractivity contribution >= 4 is 47.1 Å². The zero-order valence-corrected chi connectivity index (χ0v) is 20.0. The zero-order valence-electron chi connectivity index (χ0n) is 20.0. The summed E-state index contributed by atoms with van der Waals surface area (Å²) in [6.45, 7) is 8.61. The van der Waals surface area contributed by atoms with Crippen molar-refractivity contribution in [3.63, 3.8) is 0 Å². The monoisotopic (exact) mass is 476 g/mol. The van der Waals surface area contributed by atoms with Gasteiger partial charge in [0.1, 0.15) is 11.3 Å². The van der Waals surface area contributed by atoms with Crippen LogP contribution in [0, 0.1) is 5.92 Å². The van der Waals surface area contributed by atoms with E-state index in [0.29, 0.717) is 18.3 Å². The molecule has 6 nitrogen and oxygen atoms in total. The van der Waals surface area contributed by atoms with Crippen molar-refractivity contribution in [1.82, 2.24) is 5.32 Å². The molecule has 180 valence electrons. The molecule has 0 spiro atoms. The van der Waals surface area contributed by atoms with Crippen LogP contribution in [0.3, 0.4) is 0 Å². The standard InChI is InChI=1S/C27H36N2O4.Na.H/c1-4-33-25-17-20(12-13-22(25)27(31)32)18-26(30)28-23(16-19(2)3)21-10-6-7-11-24(21)29-14-8-5-9-15-29;;/h6-7,10-13,17,19,23H,4-5,8-9,14-16,18H2,1-3H3,(H,28,30)(H,31,32);;/t23-;;/m0../s1. The van der Waals surface area contributed by atoms with Crippen LogP contribution < -0.4 is 15.0 Å². The van der Waals surface area contributed by atoms with Gasteiger partial charge in [0, 0.05) is 18.8 Å². The van der Waals surface area contributed by atoms with Gasteiger partial charge < -0.3 is 20.1 Å². The predicted molar refractivity (Wildman–Crippen MR) is 138 cm³/mol. The molecular formula is C27H37N2NaO4. The molecule has 1 amide bonds. The molecule has 0 radical (unpaired) electrons. The Kier molecular flexibility index (Phi) is 11.4. The average Bonchev–Trinajstić information content (AvgIpc) is 2.79. The van der Waals surface area contributed by atoms with Crippen LogP contribution in [0.2, 0.25) is 0 Å². The Labute approximate surface area is 225 Å². The first-order valence-electron chi connectivity index (χ1n) is 12.0. The number of carbonyl (C=O) groups excluding carboxylic acids is 1. The third-order valence-electron chi connectivity index (χ3n) is 5.99. The summed E-state index contributed by atoms with van der Waals surface area (Å²) in [4.78, 5) is 26.9. The van der Waals surface area contributed by atoms with Crippen molar-refractivity contribution in [2.75, 3.05) is 24.6 Å². The molecule has 2 aromatic carbocycles. The molecule has 1 aliphatic rings. The molecule has 2 aromatic rings. The number of carboxylic acid groups (broad SMARTS) is 1. The summed E-state index contributed by atoms with van der Waals surface area (Å²) in [5, 5.41) is 12.6. The first-order valence-corrected chi connectivity index (χ1v) is 12.0. The summed E-state index contributed by atoms with van der Waals surface area (Å²) in [7, 11) is 0. The molecule has 1 saturated heterocycles. The Balaban J connectivity index is 0.00000408. The number of para-hydroxylation sites is 1. The number of ether oxygens (including phenoxy) is 1. The van der Waals surface area contributed by atoms with Crippen LogP contribution in [0.4, 0.5) is 5.69 Å². The van der Waals surface area contributed by atoms with Crippen LogP contribution in [-0.4, -0.2) is 66.2 Å². The number of piperidine rings is 1. The summed E-state index contributed by atoms with van der Waals surface area (Å²) in [5.74, 6) is -0.408. The SMILES string of the molecule is CCOc1cc(CC(=O)N[C@@H](CC(C)C)c2ccccc2N2CCCCC2)ccc1C(=O)O.[NaH]. The third kappa shape index (κ3) is 7.76. The second-order valence-electron chi connectivity index (χ2n) is 9.10. The molecule has 1 atom stereocenters. The topological polar surface area (TPSA) is 78.9 Å². The molecule has 0 saturated carbocycles. The van der Waals surface area contributed by atoms with E-state index in [1.54, 1.807) is 19.1 Å². The normalized spacial score (nSPS) is 14.3. The van der Waals surface area contributed by atoms with Gasteiger partial charge in [-0.05, 0) is 67.9 Å². The number of aromatic carboxylic acids is 1. The maximum atomic E-state index is 13.1. The number of hydrogen-bond donors (Lipinski definition) is 2. The number of nitrogens with one attached hydrogen (secondary N) is 1. The molecule has 7 heteroatoms. The zero-order chi connectivity index (χ0) is 23.8. The van der Waals surface area contributed by atoms with Gasteiger partial charge in [-0.25, -0.2) is 4.79 Å². The van der Waals surface area contributed by atoms with E-state index in [1.165, 1.54) is 31.0 Å². The fourth-order valence-electron chi connectivity index (χ4n) is 4.50. The van der Waals surface area contributed by atoms with Crippen molar-refractivity contribution in [3.8, 4) is 5.75 Å². The first kappa shape index (κ1) is 28.2. The number of benzene rings is 2. The fourth-order valence-corrected chi connectivity index (χ4v) is 4.50. The van der Waals surface area contributed by atoms with E-state index in [2.05, 4.69) is 42.3 Å². The van der Waals surface area contributed by atoms with Crippen LogP contribution in [0.5, 0.6) is 5.75 Å². The van der Waals surface area contributed by atoms with Crippen LogP contribution >= 0.6 is 0 Å². The second kappa shape index (κ2) is 13.8. The molecule has 0 unspecified atom stereocenters. The number of carbonyl (C=O) groups is 2. The number of hydrogen-bond acceptors (Lipinski definition) is 4. The minimum absolute atomic E-state index is 0. The number of amides is 1. The van der Waals surface area contributed by atoms with Gasteiger partial charge in [0.05, 0.1) is 19.1 Å². The number of anilines is 1. The number of nitrogens with zero attached hydrogens (tertiary/aromatic N) is 1. The molecule has 0 aromatic heterocycles. The number of carboxylic acids is 1. The molecule has 34 heavy (non-hydrogen) atoms. The van der Waals surface area contributed by atoms with Gasteiger partial charge >= 0.3 is 35.5 Å². The van der Waals surface area contributed by atoms with Crippen molar-refractivity contribution in [1.29, 1.82) is 0 Å². The van der Waals surface area contributed by atoms with Crippen LogP contribution in [-0.2, 0) is 11.2 Å². The fraction of sp³-hybridized carbons (Fsp3) is 0.481. The summed E-state index contributed by atoms with van der Waals surface area (Å²) in [5.41, 5.74) is 3.22. The van der Waals surface area contributed by atoms with Gasteiger partial charge in [-0.1, -0.05) is 38.1 Å². The van der Waals surface area contributed by atoms with E-state index in [9.17, 15) is 14.7 Å². The van der Waals surface area contributed by atoms with E-state index in [1.807, 2.05) is 6.07 Å². The Morgan fingerprint density at radius 2 is 1.79 bits per heavy atom. The summed E-state index contributed by atoms with van der Waals surface area (Å²) in [6.07, 6.45) is 4.68. The summed E-state index contributed by atoms with van der Waals surface area (Å²) >= 11 is 0. The molecule has 1 heterocycles. The maximum absolute atomic E-state index is 13.1. The van der Waals surface area contributed by atoms with E-state index >= 15 is 0 Å². The Morgan fingerprint density at radius 3 is 2.44 bits per heavy atom. The Morgan fingerprint density at radius 1 is 1.09 bits per heavy atom. The van der Waals surface area contributed by atoms with E-state index in [-0.39, 0.29) is 53.5 Å². The summed E-state index contributed by atoms with van der Waals surface area (Å²) < 4.78 is 5.49. The summed E-state index contributed by atoms with van der Waals surface area (Å²) in [6, 6.07) is 13.2. The molecule has 1 fully saturated rings. The van der Waals surface area contributed by atoms with Crippen molar-refractivity contribution in [2.24, 2.45) is 5.92 Å². The molecule has 2 N–H and O–H groups in total. The molecular weight excluding hydrogens is 439 g/mol. The minimum atomic E-state index is -1.04. The average molecular weight is 477 g/mol. The third-order valence-corrected chi connectivity index (χ3v) is 5.99. The van der Waals surface area contributed by atoms with Gasteiger partial charge in [0.2, 0.25) is 5.91 Å². The Bertz CT molecular complexity index is 957. The van der Waals surface area contributed by atoms with Gasteiger partial charge in [-0.3, -0.25) is 4.79 Å². The van der Waals surface area contributed by atoms with E-state index < -0.39 is 5.97 Å². The first-order chi connectivity index (χ1) is 15.9. The van der Waals surface area contributed by atoms with Gasteiger partial charge in [-0.2, -0.15) is 0 Å². The number of rotatable bonds is 10. The van der Waals surface area contributed by atoms with Crippen LogP contribution in [0.1, 0.15) is 74.0 Å². The van der Waals surface area contributed by atoms with Gasteiger partial charge in [0.25, 0.3) is 0 Å². The molecule has 0 aliphatic carbocycles. The predicted octanol–water partition coefficient (Wildman–Crippen LogP) is 4.57. The van der Waals surface area contributed by atoms with Crippen LogP contribution in [0.25, 0.3) is 0 Å². The van der Waals surface area contributed by atoms with Gasteiger partial charge in [0.15, 0.2) is 0 Å². The van der Waals surface area contributed by atoms with E-state index in [0.717, 1.165) is 30.6 Å². The second-order valence-corrected chi connectivity index (χ2v) is 9.10. The van der Waals surface area contributed by atoms with Crippen molar-refractivity contribution in [3.05, 3.63) is 59.2 Å². The van der Waals surface area contributed by atoms with E-state index in [4.69, 9.17) is 4.74 Å². The molecule has 3 rings (SSSR count). The van der Waals surface area contributed by atoms with Crippen molar-refractivity contribution in [2.45, 2.75) is 58.9 Å². The van der Waals surface area contributed by atoms with Crippen molar-refractivity contribution < 1.29 is 19.4 Å². The van der Waals surface area contributed by atoms with Crippen LogP contribution in [0.15, 0.2) is 42.5 Å². The van der Waals surface area contributed by atoms with Gasteiger partial charge in [-0.15, -0.1) is 0 Å².